The average molecular weight is 253 g/mol. The summed E-state index contributed by atoms with van der Waals surface area (Å²) in [6.07, 6.45) is 0. The predicted molar refractivity (Wildman–Crippen MR) is 59.4 cm³/mol. The number of anilines is 1. The van der Waals surface area contributed by atoms with Crippen molar-refractivity contribution in [2.75, 3.05) is 5.32 Å². The van der Waals surface area contributed by atoms with Crippen molar-refractivity contribution in [3.63, 3.8) is 0 Å². The molecular weight excluding hydrogens is 244 g/mol. The Kier molecular flexibility index (Phi) is 3.27. The van der Waals surface area contributed by atoms with Gasteiger partial charge in [-0.1, -0.05) is 6.07 Å². The van der Waals surface area contributed by atoms with E-state index in [1.165, 1.54) is 18.2 Å². The smallest absolute Gasteiger partial charge is 0.371 e. The molecule has 2 rings (SSSR count). The molecule has 0 aliphatic carbocycles. The SMILES string of the molecule is O=C(O)c1ccc(CNc2c(F)cccc2F)o1. The molecule has 94 valence electrons. The lowest BCUT2D eigenvalue weighted by atomic mass is 10.3. The van der Waals surface area contributed by atoms with Crippen molar-refractivity contribution < 1.29 is 23.1 Å². The molecule has 1 heterocycles. The van der Waals surface area contributed by atoms with Crippen LogP contribution in [0.5, 0.6) is 0 Å². The van der Waals surface area contributed by atoms with Crippen LogP contribution in [0.25, 0.3) is 0 Å². The number of hydrogen-bond donors (Lipinski definition) is 2. The number of nitrogens with one attached hydrogen (secondary N) is 1. The average Bonchev–Trinajstić information content (AvgIpc) is 2.77. The van der Waals surface area contributed by atoms with Crippen LogP contribution in [0.4, 0.5) is 14.5 Å². The Hall–Kier alpha value is -2.37. The summed E-state index contributed by atoms with van der Waals surface area (Å²) in [7, 11) is 0. The quantitative estimate of drug-likeness (QED) is 0.879. The second kappa shape index (κ2) is 4.87. The van der Waals surface area contributed by atoms with E-state index in [-0.39, 0.29) is 23.8 Å². The molecule has 1 aromatic carbocycles. The summed E-state index contributed by atoms with van der Waals surface area (Å²) in [6, 6.07) is 6.20. The van der Waals surface area contributed by atoms with E-state index in [4.69, 9.17) is 9.52 Å². The van der Waals surface area contributed by atoms with E-state index in [9.17, 15) is 13.6 Å². The van der Waals surface area contributed by atoms with Gasteiger partial charge in [0.25, 0.3) is 0 Å². The highest BCUT2D eigenvalue weighted by molar-refractivity contribution is 5.84. The lowest BCUT2D eigenvalue weighted by Gasteiger charge is -2.06. The molecule has 0 saturated heterocycles. The maximum Gasteiger partial charge on any atom is 0.371 e. The minimum atomic E-state index is -1.20. The minimum absolute atomic E-state index is 0.00880. The van der Waals surface area contributed by atoms with Crippen molar-refractivity contribution in [3.05, 3.63) is 53.5 Å². The van der Waals surface area contributed by atoms with Gasteiger partial charge in [-0.05, 0) is 24.3 Å². The van der Waals surface area contributed by atoms with Gasteiger partial charge in [0.15, 0.2) is 0 Å². The molecule has 0 atom stereocenters. The second-order valence-corrected chi connectivity index (χ2v) is 3.52. The third kappa shape index (κ3) is 2.48. The highest BCUT2D eigenvalue weighted by Crippen LogP contribution is 2.19. The van der Waals surface area contributed by atoms with E-state index in [0.717, 1.165) is 12.1 Å². The Balaban J connectivity index is 2.09. The van der Waals surface area contributed by atoms with Gasteiger partial charge in [-0.25, -0.2) is 13.6 Å². The number of halogens is 2. The summed E-state index contributed by atoms with van der Waals surface area (Å²) in [5.41, 5.74) is -0.272. The van der Waals surface area contributed by atoms with Gasteiger partial charge in [0.05, 0.1) is 6.54 Å². The predicted octanol–water partition coefficient (Wildman–Crippen LogP) is 2.87. The number of para-hydroxylation sites is 1. The van der Waals surface area contributed by atoms with Crippen LogP contribution in [-0.4, -0.2) is 11.1 Å². The minimum Gasteiger partial charge on any atom is -0.475 e. The lowest BCUT2D eigenvalue weighted by Crippen LogP contribution is -2.03. The summed E-state index contributed by atoms with van der Waals surface area (Å²) in [5.74, 6) is -2.59. The van der Waals surface area contributed by atoms with Crippen LogP contribution < -0.4 is 5.32 Å². The zero-order valence-corrected chi connectivity index (χ0v) is 9.11. The normalized spacial score (nSPS) is 10.3. The van der Waals surface area contributed by atoms with Crippen molar-refractivity contribution in [2.24, 2.45) is 0 Å². The number of carboxylic acids is 1. The zero-order chi connectivity index (χ0) is 13.1. The molecule has 18 heavy (non-hydrogen) atoms. The van der Waals surface area contributed by atoms with Gasteiger partial charge in [-0.15, -0.1) is 0 Å². The van der Waals surface area contributed by atoms with Gasteiger partial charge in [0.1, 0.15) is 23.1 Å². The topological polar surface area (TPSA) is 62.5 Å². The molecule has 1 aromatic heterocycles. The number of benzene rings is 1. The molecule has 0 saturated carbocycles. The Morgan fingerprint density at radius 3 is 2.44 bits per heavy atom. The molecule has 4 nitrogen and oxygen atoms in total. The molecule has 0 fully saturated rings. The molecule has 0 aliphatic heterocycles. The van der Waals surface area contributed by atoms with E-state index in [2.05, 4.69) is 5.32 Å². The molecule has 0 radical (unpaired) electrons. The van der Waals surface area contributed by atoms with Crippen LogP contribution in [0.2, 0.25) is 0 Å². The Morgan fingerprint density at radius 2 is 1.89 bits per heavy atom. The van der Waals surface area contributed by atoms with Crippen LogP contribution in [0.15, 0.2) is 34.7 Å². The van der Waals surface area contributed by atoms with Gasteiger partial charge in [-0.2, -0.15) is 0 Å². The van der Waals surface area contributed by atoms with Crippen LogP contribution in [0, 0.1) is 11.6 Å². The first-order valence-electron chi connectivity index (χ1n) is 5.08. The summed E-state index contributed by atoms with van der Waals surface area (Å²) >= 11 is 0. The van der Waals surface area contributed by atoms with Gasteiger partial charge in [0, 0.05) is 0 Å². The molecule has 0 unspecified atom stereocenters. The van der Waals surface area contributed by atoms with Crippen molar-refractivity contribution in [2.45, 2.75) is 6.54 Å². The lowest BCUT2D eigenvalue weighted by molar-refractivity contribution is 0.0660. The van der Waals surface area contributed by atoms with Crippen molar-refractivity contribution in [1.29, 1.82) is 0 Å². The van der Waals surface area contributed by atoms with Gasteiger partial charge in [0.2, 0.25) is 5.76 Å². The molecule has 2 aromatic rings. The molecule has 6 heteroatoms. The third-order valence-corrected chi connectivity index (χ3v) is 2.27. The summed E-state index contributed by atoms with van der Waals surface area (Å²) in [4.78, 5) is 10.6. The fourth-order valence-electron chi connectivity index (χ4n) is 1.43. The maximum atomic E-state index is 13.3. The highest BCUT2D eigenvalue weighted by Gasteiger charge is 2.11. The monoisotopic (exact) mass is 253 g/mol. The first kappa shape index (κ1) is 12.1. The van der Waals surface area contributed by atoms with Crippen LogP contribution in [0.1, 0.15) is 16.3 Å². The number of rotatable bonds is 4. The largest absolute Gasteiger partial charge is 0.475 e. The standard InChI is InChI=1S/C12H9F2NO3/c13-8-2-1-3-9(14)11(8)15-6-7-4-5-10(18-7)12(16)17/h1-5,15H,6H2,(H,16,17). The molecule has 0 amide bonds. The zero-order valence-electron chi connectivity index (χ0n) is 9.11. The van der Waals surface area contributed by atoms with Crippen LogP contribution >= 0.6 is 0 Å². The first-order chi connectivity index (χ1) is 8.58. The van der Waals surface area contributed by atoms with E-state index in [0.29, 0.717) is 0 Å². The number of aromatic carboxylic acids is 1. The van der Waals surface area contributed by atoms with E-state index >= 15 is 0 Å². The van der Waals surface area contributed by atoms with E-state index in [1.54, 1.807) is 0 Å². The summed E-state index contributed by atoms with van der Waals surface area (Å²) in [6.45, 7) is -0.00880. The van der Waals surface area contributed by atoms with Gasteiger partial charge < -0.3 is 14.8 Å². The second-order valence-electron chi connectivity index (χ2n) is 3.52. The first-order valence-corrected chi connectivity index (χ1v) is 5.08. The Morgan fingerprint density at radius 1 is 1.22 bits per heavy atom. The van der Waals surface area contributed by atoms with Gasteiger partial charge in [-0.3, -0.25) is 0 Å². The van der Waals surface area contributed by atoms with Crippen molar-refractivity contribution in [3.8, 4) is 0 Å². The number of hydrogen-bond acceptors (Lipinski definition) is 3. The molecular formula is C12H9F2NO3. The number of carbonyl (C=O) groups is 1. The third-order valence-electron chi connectivity index (χ3n) is 2.27. The van der Waals surface area contributed by atoms with Crippen LogP contribution in [0.3, 0.4) is 0 Å². The van der Waals surface area contributed by atoms with Crippen molar-refractivity contribution >= 4 is 11.7 Å². The highest BCUT2D eigenvalue weighted by atomic mass is 19.1. The van der Waals surface area contributed by atoms with Gasteiger partial charge >= 0.3 is 5.97 Å². The fourth-order valence-corrected chi connectivity index (χ4v) is 1.43. The molecule has 0 spiro atoms. The fraction of sp³-hybridized carbons (Fsp3) is 0.0833. The molecule has 0 aliphatic rings. The van der Waals surface area contributed by atoms with Crippen molar-refractivity contribution in [1.82, 2.24) is 0 Å². The summed E-state index contributed by atoms with van der Waals surface area (Å²) < 4.78 is 31.5. The van der Waals surface area contributed by atoms with Crippen LogP contribution in [-0.2, 0) is 6.54 Å². The molecule has 2 N–H and O–H groups in total. The number of carboxylic acid groups (broad SMARTS) is 1. The maximum absolute atomic E-state index is 13.3. The van der Waals surface area contributed by atoms with E-state index in [1.807, 2.05) is 0 Å². The van der Waals surface area contributed by atoms with E-state index < -0.39 is 17.6 Å². The molecule has 0 bridgehead atoms. The summed E-state index contributed by atoms with van der Waals surface area (Å²) in [5, 5.41) is 11.2. The number of furan rings is 1. The Labute approximate surface area is 101 Å². The Bertz CT molecular complexity index is 560.